The van der Waals surface area contributed by atoms with Crippen LogP contribution < -0.4 is 5.32 Å². The molecule has 5 heteroatoms. The van der Waals surface area contributed by atoms with Crippen molar-refractivity contribution in [2.75, 3.05) is 0 Å². The molecule has 3 rings (SSSR count). The number of aryl methyl sites for hydroxylation is 1. The van der Waals surface area contributed by atoms with Crippen molar-refractivity contribution in [3.8, 4) is 0 Å². The van der Waals surface area contributed by atoms with E-state index in [0.29, 0.717) is 6.04 Å². The first-order valence-corrected chi connectivity index (χ1v) is 8.19. The Labute approximate surface area is 137 Å². The van der Waals surface area contributed by atoms with E-state index in [-0.39, 0.29) is 12.1 Å². The van der Waals surface area contributed by atoms with Crippen LogP contribution in [0.4, 0.5) is 0 Å². The molecule has 0 bridgehead atoms. The standard InChI is InChI=1S/C17H22N4S/c1-4-20-11-7-9-14(20)16-15(13-8-5-6-10-18-13)19-17(22)21(16)12(2)3/h5-12,15-16H,4H2,1-3H3,(H,19,22)/t15-,16+/m1/s1. The largest absolute Gasteiger partial charge is 0.352 e. The minimum absolute atomic E-state index is 0.0799. The quantitative estimate of drug-likeness (QED) is 0.878. The first kappa shape index (κ1) is 15.0. The Hall–Kier alpha value is -1.88. The molecule has 0 unspecified atom stereocenters. The SMILES string of the molecule is CCn1cccc1[C@H]1[C@@H](c2ccccn2)NC(=S)N1C(C)C. The second-order valence-electron chi connectivity index (χ2n) is 5.85. The molecule has 2 atom stereocenters. The molecule has 0 aliphatic carbocycles. The number of pyridine rings is 1. The van der Waals surface area contributed by atoms with Crippen molar-refractivity contribution in [2.24, 2.45) is 0 Å². The van der Waals surface area contributed by atoms with Gasteiger partial charge in [0.2, 0.25) is 0 Å². The van der Waals surface area contributed by atoms with Crippen molar-refractivity contribution < 1.29 is 0 Å². The number of hydrogen-bond acceptors (Lipinski definition) is 2. The number of nitrogens with one attached hydrogen (secondary N) is 1. The van der Waals surface area contributed by atoms with Gasteiger partial charge in [0.15, 0.2) is 5.11 Å². The zero-order valence-electron chi connectivity index (χ0n) is 13.2. The lowest BCUT2D eigenvalue weighted by Crippen LogP contribution is -2.36. The summed E-state index contributed by atoms with van der Waals surface area (Å²) in [6.07, 6.45) is 3.97. The van der Waals surface area contributed by atoms with Gasteiger partial charge in [-0.2, -0.15) is 0 Å². The maximum Gasteiger partial charge on any atom is 0.170 e. The van der Waals surface area contributed by atoms with Crippen LogP contribution in [0.2, 0.25) is 0 Å². The van der Waals surface area contributed by atoms with Crippen LogP contribution in [0, 0.1) is 0 Å². The molecule has 2 aromatic rings. The van der Waals surface area contributed by atoms with E-state index in [9.17, 15) is 0 Å². The fraction of sp³-hybridized carbons (Fsp3) is 0.412. The van der Waals surface area contributed by atoms with E-state index in [0.717, 1.165) is 17.4 Å². The maximum atomic E-state index is 5.60. The minimum Gasteiger partial charge on any atom is -0.352 e. The van der Waals surface area contributed by atoms with E-state index in [2.05, 4.69) is 64.9 Å². The van der Waals surface area contributed by atoms with Crippen molar-refractivity contribution in [3.05, 3.63) is 54.1 Å². The number of nitrogens with zero attached hydrogens (tertiary/aromatic N) is 3. The summed E-state index contributed by atoms with van der Waals surface area (Å²) in [5, 5.41) is 4.28. The van der Waals surface area contributed by atoms with Crippen LogP contribution in [0.5, 0.6) is 0 Å². The molecule has 1 saturated heterocycles. The van der Waals surface area contributed by atoms with E-state index in [1.165, 1.54) is 5.69 Å². The molecule has 116 valence electrons. The molecule has 0 radical (unpaired) electrons. The third kappa shape index (κ3) is 2.50. The monoisotopic (exact) mass is 314 g/mol. The lowest BCUT2D eigenvalue weighted by atomic mass is 10.0. The summed E-state index contributed by atoms with van der Waals surface area (Å²) in [6.45, 7) is 7.48. The zero-order chi connectivity index (χ0) is 15.7. The summed E-state index contributed by atoms with van der Waals surface area (Å²) in [6, 6.07) is 10.9. The Balaban J connectivity index is 2.08. The summed E-state index contributed by atoms with van der Waals surface area (Å²) in [5.74, 6) is 0. The van der Waals surface area contributed by atoms with Gasteiger partial charge in [0.25, 0.3) is 0 Å². The lowest BCUT2D eigenvalue weighted by molar-refractivity contribution is 0.259. The topological polar surface area (TPSA) is 33.1 Å². The first-order chi connectivity index (χ1) is 10.6. The molecule has 0 aromatic carbocycles. The van der Waals surface area contributed by atoms with Gasteiger partial charge in [-0.25, -0.2) is 0 Å². The number of rotatable bonds is 4. The summed E-state index contributed by atoms with van der Waals surface area (Å²) < 4.78 is 2.28. The van der Waals surface area contributed by atoms with E-state index >= 15 is 0 Å². The normalized spacial score (nSPS) is 21.5. The molecule has 4 nitrogen and oxygen atoms in total. The molecule has 22 heavy (non-hydrogen) atoms. The van der Waals surface area contributed by atoms with Crippen LogP contribution in [0.15, 0.2) is 42.7 Å². The molecule has 3 heterocycles. The van der Waals surface area contributed by atoms with Gasteiger partial charge in [-0.05, 0) is 57.3 Å². The zero-order valence-corrected chi connectivity index (χ0v) is 14.0. The van der Waals surface area contributed by atoms with Crippen molar-refractivity contribution in [1.82, 2.24) is 19.8 Å². The van der Waals surface area contributed by atoms with Gasteiger partial charge < -0.3 is 14.8 Å². The molecular formula is C17H22N4S. The summed E-state index contributed by atoms with van der Waals surface area (Å²) in [4.78, 5) is 6.83. The van der Waals surface area contributed by atoms with Gasteiger partial charge in [0, 0.05) is 30.7 Å². The second-order valence-corrected chi connectivity index (χ2v) is 6.23. The van der Waals surface area contributed by atoms with E-state index < -0.39 is 0 Å². The minimum atomic E-state index is 0.0799. The predicted octanol–water partition coefficient (Wildman–Crippen LogP) is 3.28. The lowest BCUT2D eigenvalue weighted by Gasteiger charge is -2.31. The average Bonchev–Trinajstić information content (AvgIpc) is 3.11. The number of thiocarbonyl (C=S) groups is 1. The Morgan fingerprint density at radius 3 is 2.73 bits per heavy atom. The molecule has 2 aromatic heterocycles. The van der Waals surface area contributed by atoms with Gasteiger partial charge in [-0.1, -0.05) is 6.07 Å². The highest BCUT2D eigenvalue weighted by Crippen LogP contribution is 2.39. The fourth-order valence-electron chi connectivity index (χ4n) is 3.22. The summed E-state index contributed by atoms with van der Waals surface area (Å²) in [5.41, 5.74) is 2.31. The molecule has 1 N–H and O–H groups in total. The van der Waals surface area contributed by atoms with Crippen LogP contribution in [0.1, 0.15) is 44.2 Å². The van der Waals surface area contributed by atoms with Crippen LogP contribution in [-0.2, 0) is 6.54 Å². The summed E-state index contributed by atoms with van der Waals surface area (Å²) >= 11 is 5.60. The van der Waals surface area contributed by atoms with Gasteiger partial charge in [-0.15, -0.1) is 0 Å². The Bertz CT molecular complexity index is 650. The van der Waals surface area contributed by atoms with Crippen molar-refractivity contribution >= 4 is 17.3 Å². The average molecular weight is 314 g/mol. The molecular weight excluding hydrogens is 292 g/mol. The highest BCUT2D eigenvalue weighted by atomic mass is 32.1. The van der Waals surface area contributed by atoms with Crippen molar-refractivity contribution in [1.29, 1.82) is 0 Å². The maximum absolute atomic E-state index is 5.60. The van der Waals surface area contributed by atoms with E-state index in [1.807, 2.05) is 18.3 Å². The second kappa shape index (κ2) is 6.08. The van der Waals surface area contributed by atoms with Crippen molar-refractivity contribution in [2.45, 2.75) is 45.4 Å². The predicted molar refractivity (Wildman–Crippen MR) is 92.5 cm³/mol. The van der Waals surface area contributed by atoms with E-state index in [1.54, 1.807) is 0 Å². The highest BCUT2D eigenvalue weighted by Gasteiger charge is 2.41. The van der Waals surface area contributed by atoms with Crippen LogP contribution in [-0.4, -0.2) is 25.6 Å². The molecule has 1 fully saturated rings. The third-order valence-electron chi connectivity index (χ3n) is 4.20. The molecule has 1 aliphatic rings. The molecule has 0 saturated carbocycles. The van der Waals surface area contributed by atoms with Crippen LogP contribution in [0.3, 0.4) is 0 Å². The van der Waals surface area contributed by atoms with E-state index in [4.69, 9.17) is 12.2 Å². The van der Waals surface area contributed by atoms with Gasteiger partial charge in [0.05, 0.1) is 17.8 Å². The Kier molecular flexibility index (Phi) is 4.16. The Morgan fingerprint density at radius 2 is 2.09 bits per heavy atom. The molecule has 1 aliphatic heterocycles. The van der Waals surface area contributed by atoms with Gasteiger partial charge in [-0.3, -0.25) is 4.98 Å². The van der Waals surface area contributed by atoms with Crippen LogP contribution >= 0.6 is 12.2 Å². The number of aromatic nitrogens is 2. The smallest absolute Gasteiger partial charge is 0.170 e. The Morgan fingerprint density at radius 1 is 1.27 bits per heavy atom. The number of hydrogen-bond donors (Lipinski definition) is 1. The van der Waals surface area contributed by atoms with Crippen molar-refractivity contribution in [3.63, 3.8) is 0 Å². The molecule has 0 spiro atoms. The highest BCUT2D eigenvalue weighted by molar-refractivity contribution is 7.80. The summed E-state index contributed by atoms with van der Waals surface area (Å²) in [7, 11) is 0. The first-order valence-electron chi connectivity index (χ1n) is 7.78. The molecule has 0 amide bonds. The van der Waals surface area contributed by atoms with Crippen LogP contribution in [0.25, 0.3) is 0 Å². The van der Waals surface area contributed by atoms with Gasteiger partial charge in [0.1, 0.15) is 0 Å². The fourth-order valence-corrected chi connectivity index (χ4v) is 3.67. The third-order valence-corrected chi connectivity index (χ3v) is 4.53. The van der Waals surface area contributed by atoms with Gasteiger partial charge >= 0.3 is 0 Å².